The number of carbonyl (C=O) groups is 1. The van der Waals surface area contributed by atoms with Crippen LogP contribution in [0.5, 0.6) is 0 Å². The molecule has 1 amide bonds. The molecule has 4 nitrogen and oxygen atoms in total. The number of rotatable bonds is 3. The lowest BCUT2D eigenvalue weighted by atomic mass is 10.1. The van der Waals surface area contributed by atoms with Crippen LogP contribution in [0.2, 0.25) is 5.02 Å². The molecule has 5 heteroatoms. The predicted molar refractivity (Wildman–Crippen MR) is 62.6 cm³/mol. The smallest absolute Gasteiger partial charge is 0.248 e. The van der Waals surface area contributed by atoms with Crippen LogP contribution in [-0.2, 0) is 9.53 Å². The maximum Gasteiger partial charge on any atom is 0.248 e. The number of hydrogen-bond donors (Lipinski definition) is 1. The minimum Gasteiger partial charge on any atom is -0.383 e. The first kappa shape index (κ1) is 11.4. The number of benzene rings is 1. The summed E-state index contributed by atoms with van der Waals surface area (Å²) in [6.07, 6.45) is 0. The third-order valence-electron chi connectivity index (χ3n) is 2.67. The molecule has 0 spiro atoms. The Balaban J connectivity index is 2.34. The summed E-state index contributed by atoms with van der Waals surface area (Å²) in [7, 11) is 1.60. The van der Waals surface area contributed by atoms with E-state index in [2.05, 4.69) is 0 Å². The first-order valence-corrected chi connectivity index (χ1v) is 5.38. The van der Waals surface area contributed by atoms with Gasteiger partial charge in [-0.25, -0.2) is 0 Å². The van der Waals surface area contributed by atoms with E-state index in [0.717, 1.165) is 11.3 Å². The number of ether oxygens (including phenoxy) is 1. The van der Waals surface area contributed by atoms with Crippen molar-refractivity contribution in [2.24, 2.45) is 5.73 Å². The molecule has 2 rings (SSSR count). The van der Waals surface area contributed by atoms with Gasteiger partial charge in [-0.3, -0.25) is 4.79 Å². The molecule has 1 aromatic rings. The van der Waals surface area contributed by atoms with Crippen molar-refractivity contribution in [3.63, 3.8) is 0 Å². The lowest BCUT2D eigenvalue weighted by molar-refractivity contribution is -0.119. The second-order valence-electron chi connectivity index (χ2n) is 3.66. The lowest BCUT2D eigenvalue weighted by Gasteiger charge is -2.16. The maximum absolute atomic E-state index is 11.9. The first-order valence-electron chi connectivity index (χ1n) is 5.00. The molecule has 0 fully saturated rings. The molecule has 0 aromatic heterocycles. The average molecular weight is 241 g/mol. The van der Waals surface area contributed by atoms with Crippen LogP contribution >= 0.6 is 11.6 Å². The maximum atomic E-state index is 11.9. The van der Waals surface area contributed by atoms with Gasteiger partial charge in [-0.15, -0.1) is 0 Å². The van der Waals surface area contributed by atoms with Gasteiger partial charge >= 0.3 is 0 Å². The highest BCUT2D eigenvalue weighted by molar-refractivity contribution is 6.31. The summed E-state index contributed by atoms with van der Waals surface area (Å²) in [5.74, 6) is -0.102. The molecule has 1 heterocycles. The van der Waals surface area contributed by atoms with E-state index in [0.29, 0.717) is 18.2 Å². The number of fused-ring (bicyclic) bond motifs is 1. The third kappa shape index (κ3) is 1.80. The Labute approximate surface area is 98.9 Å². The van der Waals surface area contributed by atoms with E-state index in [1.54, 1.807) is 24.1 Å². The van der Waals surface area contributed by atoms with E-state index in [1.807, 2.05) is 6.07 Å². The summed E-state index contributed by atoms with van der Waals surface area (Å²) in [4.78, 5) is 13.5. The van der Waals surface area contributed by atoms with Crippen LogP contribution in [0.15, 0.2) is 18.2 Å². The van der Waals surface area contributed by atoms with Gasteiger partial charge < -0.3 is 15.4 Å². The van der Waals surface area contributed by atoms with Crippen molar-refractivity contribution >= 4 is 23.2 Å². The average Bonchev–Trinajstić information content (AvgIpc) is 2.50. The van der Waals surface area contributed by atoms with E-state index < -0.39 is 6.04 Å². The number of amides is 1. The highest BCUT2D eigenvalue weighted by atomic mass is 35.5. The zero-order chi connectivity index (χ0) is 11.7. The Hall–Kier alpha value is -1.10. The number of hydrogen-bond acceptors (Lipinski definition) is 3. The SMILES string of the molecule is COCCN1C(=O)C(N)c2cc(Cl)ccc21. The summed E-state index contributed by atoms with van der Waals surface area (Å²) in [6.45, 7) is 0.998. The Morgan fingerprint density at radius 2 is 2.31 bits per heavy atom. The van der Waals surface area contributed by atoms with E-state index in [4.69, 9.17) is 22.1 Å². The quantitative estimate of drug-likeness (QED) is 0.867. The lowest BCUT2D eigenvalue weighted by Crippen LogP contribution is -2.34. The first-order chi connectivity index (χ1) is 7.65. The van der Waals surface area contributed by atoms with Crippen LogP contribution in [-0.4, -0.2) is 26.2 Å². The molecule has 1 unspecified atom stereocenters. The molecule has 1 atom stereocenters. The minimum atomic E-state index is -0.606. The molecule has 1 aliphatic heterocycles. The van der Waals surface area contributed by atoms with Gasteiger partial charge in [0.1, 0.15) is 6.04 Å². The molecule has 0 bridgehead atoms. The van der Waals surface area contributed by atoms with Crippen molar-refractivity contribution in [3.05, 3.63) is 28.8 Å². The van der Waals surface area contributed by atoms with E-state index in [9.17, 15) is 4.79 Å². The largest absolute Gasteiger partial charge is 0.383 e. The highest BCUT2D eigenvalue weighted by Crippen LogP contribution is 2.35. The van der Waals surface area contributed by atoms with Crippen LogP contribution in [0.4, 0.5) is 5.69 Å². The van der Waals surface area contributed by atoms with E-state index in [-0.39, 0.29) is 5.91 Å². The molecule has 0 saturated heterocycles. The van der Waals surface area contributed by atoms with Gasteiger partial charge in [-0.2, -0.15) is 0 Å². The molecule has 86 valence electrons. The predicted octanol–water partition coefficient (Wildman–Crippen LogP) is 1.33. The van der Waals surface area contributed by atoms with Gasteiger partial charge in [-0.05, 0) is 18.2 Å². The van der Waals surface area contributed by atoms with Gasteiger partial charge in [0, 0.05) is 29.9 Å². The number of halogens is 1. The van der Waals surface area contributed by atoms with Crippen molar-refractivity contribution in [2.45, 2.75) is 6.04 Å². The number of anilines is 1. The molecular formula is C11H13ClN2O2. The summed E-state index contributed by atoms with van der Waals surface area (Å²) < 4.78 is 4.97. The zero-order valence-electron chi connectivity index (χ0n) is 8.94. The van der Waals surface area contributed by atoms with Gasteiger partial charge in [0.15, 0.2) is 0 Å². The van der Waals surface area contributed by atoms with Crippen molar-refractivity contribution in [1.82, 2.24) is 0 Å². The standard InChI is InChI=1S/C11H13ClN2O2/c1-16-5-4-14-9-3-2-7(12)6-8(9)10(13)11(14)15/h2-3,6,10H,4-5,13H2,1H3. The van der Waals surface area contributed by atoms with Crippen LogP contribution in [0.25, 0.3) is 0 Å². The molecular weight excluding hydrogens is 228 g/mol. The van der Waals surface area contributed by atoms with Crippen LogP contribution < -0.4 is 10.6 Å². The molecule has 16 heavy (non-hydrogen) atoms. The molecule has 0 saturated carbocycles. The Morgan fingerprint density at radius 1 is 1.56 bits per heavy atom. The van der Waals surface area contributed by atoms with Gasteiger partial charge in [0.2, 0.25) is 5.91 Å². The van der Waals surface area contributed by atoms with Gasteiger partial charge in [0.25, 0.3) is 0 Å². The summed E-state index contributed by atoms with van der Waals surface area (Å²) in [5.41, 5.74) is 7.45. The summed E-state index contributed by atoms with van der Waals surface area (Å²) in [6, 6.07) is 4.71. The van der Waals surface area contributed by atoms with Crippen molar-refractivity contribution < 1.29 is 9.53 Å². The van der Waals surface area contributed by atoms with E-state index >= 15 is 0 Å². The van der Waals surface area contributed by atoms with Crippen LogP contribution in [0.3, 0.4) is 0 Å². The molecule has 0 radical (unpaired) electrons. The summed E-state index contributed by atoms with van der Waals surface area (Å²) >= 11 is 5.88. The number of carbonyl (C=O) groups excluding carboxylic acids is 1. The number of methoxy groups -OCH3 is 1. The van der Waals surface area contributed by atoms with E-state index in [1.165, 1.54) is 0 Å². The Bertz CT molecular complexity index is 422. The Morgan fingerprint density at radius 3 is 3.00 bits per heavy atom. The Kier molecular flexibility index (Phi) is 3.14. The van der Waals surface area contributed by atoms with Gasteiger partial charge in [0.05, 0.1) is 6.61 Å². The topological polar surface area (TPSA) is 55.6 Å². The van der Waals surface area contributed by atoms with Crippen molar-refractivity contribution in [1.29, 1.82) is 0 Å². The fraction of sp³-hybridized carbons (Fsp3) is 0.364. The zero-order valence-corrected chi connectivity index (χ0v) is 9.70. The summed E-state index contributed by atoms with van der Waals surface area (Å²) in [5, 5.41) is 0.593. The monoisotopic (exact) mass is 240 g/mol. The molecule has 1 aromatic carbocycles. The van der Waals surface area contributed by atoms with Crippen LogP contribution in [0, 0.1) is 0 Å². The van der Waals surface area contributed by atoms with Crippen LogP contribution in [0.1, 0.15) is 11.6 Å². The minimum absolute atomic E-state index is 0.102. The van der Waals surface area contributed by atoms with Gasteiger partial charge in [-0.1, -0.05) is 11.6 Å². The van der Waals surface area contributed by atoms with Crippen molar-refractivity contribution in [2.75, 3.05) is 25.2 Å². The second-order valence-corrected chi connectivity index (χ2v) is 4.10. The molecule has 2 N–H and O–H groups in total. The fourth-order valence-electron chi connectivity index (χ4n) is 1.85. The molecule has 1 aliphatic rings. The molecule has 0 aliphatic carbocycles. The fourth-order valence-corrected chi connectivity index (χ4v) is 2.03. The number of nitrogens with zero attached hydrogens (tertiary/aromatic N) is 1. The number of nitrogens with two attached hydrogens (primary N) is 1. The normalized spacial score (nSPS) is 19.1. The highest BCUT2D eigenvalue weighted by Gasteiger charge is 2.34. The van der Waals surface area contributed by atoms with Crippen molar-refractivity contribution in [3.8, 4) is 0 Å². The third-order valence-corrected chi connectivity index (χ3v) is 2.90. The second kappa shape index (κ2) is 4.41.